The molecule has 2 aromatic carbocycles. The largest absolute Gasteiger partial charge is 0.491 e. The van der Waals surface area contributed by atoms with Crippen molar-refractivity contribution in [1.29, 1.82) is 0 Å². The minimum Gasteiger partial charge on any atom is -0.491 e. The lowest BCUT2D eigenvalue weighted by Gasteiger charge is -2.25. The van der Waals surface area contributed by atoms with Crippen molar-refractivity contribution in [3.8, 4) is 5.75 Å². The number of amides is 3. The number of urea groups is 1. The van der Waals surface area contributed by atoms with Crippen molar-refractivity contribution in [2.45, 2.75) is 25.8 Å². The van der Waals surface area contributed by atoms with Gasteiger partial charge in [0.05, 0.1) is 6.54 Å². The minimum atomic E-state index is -1.16. The number of nitrogens with zero attached hydrogens (tertiary/aromatic N) is 1. The van der Waals surface area contributed by atoms with Crippen LogP contribution in [0.4, 0.5) is 9.18 Å². The summed E-state index contributed by atoms with van der Waals surface area (Å²) >= 11 is 0. The zero-order valence-corrected chi connectivity index (χ0v) is 14.8. The molecule has 0 radical (unpaired) electrons. The highest BCUT2D eigenvalue weighted by Crippen LogP contribution is 2.32. The molecule has 1 N–H and O–H groups in total. The number of hydrogen-bond donors (Lipinski definition) is 1. The molecule has 0 bridgehead atoms. The van der Waals surface area contributed by atoms with Crippen molar-refractivity contribution in [3.05, 3.63) is 65.5 Å². The van der Waals surface area contributed by atoms with Gasteiger partial charge in [-0.2, -0.15) is 0 Å². The number of imide groups is 1. The first kappa shape index (κ1) is 17.9. The monoisotopic (exact) mass is 356 g/mol. The fourth-order valence-corrected chi connectivity index (χ4v) is 3.17. The van der Waals surface area contributed by atoms with Gasteiger partial charge in [-0.15, -0.1) is 0 Å². The number of rotatable bonds is 6. The van der Waals surface area contributed by atoms with Crippen LogP contribution in [0.1, 0.15) is 24.5 Å². The van der Waals surface area contributed by atoms with Gasteiger partial charge in [-0.05, 0) is 42.7 Å². The van der Waals surface area contributed by atoms with Crippen molar-refractivity contribution in [1.82, 2.24) is 10.2 Å². The lowest BCUT2D eigenvalue weighted by molar-refractivity contribution is -0.132. The topological polar surface area (TPSA) is 58.6 Å². The van der Waals surface area contributed by atoms with Crippen LogP contribution < -0.4 is 10.1 Å². The normalized spacial score (nSPS) is 19.6. The number of aryl methyl sites for hydroxylation is 1. The Kier molecular flexibility index (Phi) is 4.93. The Bertz CT molecular complexity index is 822. The van der Waals surface area contributed by atoms with Crippen LogP contribution in [-0.2, 0) is 10.3 Å². The van der Waals surface area contributed by atoms with Gasteiger partial charge in [0.25, 0.3) is 5.91 Å². The van der Waals surface area contributed by atoms with Crippen LogP contribution in [0.15, 0.2) is 48.5 Å². The predicted octanol–water partition coefficient (Wildman–Crippen LogP) is 3.37. The molecule has 6 heteroatoms. The van der Waals surface area contributed by atoms with E-state index in [2.05, 4.69) is 5.32 Å². The van der Waals surface area contributed by atoms with Crippen molar-refractivity contribution >= 4 is 11.9 Å². The third-order valence-electron chi connectivity index (χ3n) is 4.71. The molecule has 3 rings (SSSR count). The van der Waals surface area contributed by atoms with E-state index in [0.717, 1.165) is 16.2 Å². The molecule has 26 heavy (non-hydrogen) atoms. The summed E-state index contributed by atoms with van der Waals surface area (Å²) in [7, 11) is 0. The number of carbonyl (C=O) groups is 2. The summed E-state index contributed by atoms with van der Waals surface area (Å²) in [5.74, 6) is -0.00917. The van der Waals surface area contributed by atoms with Crippen LogP contribution in [0.3, 0.4) is 0 Å². The van der Waals surface area contributed by atoms with Gasteiger partial charge in [0, 0.05) is 0 Å². The van der Waals surface area contributed by atoms with Gasteiger partial charge in [0.15, 0.2) is 0 Å². The van der Waals surface area contributed by atoms with Gasteiger partial charge in [0.2, 0.25) is 0 Å². The molecule has 2 aromatic rings. The van der Waals surface area contributed by atoms with Gasteiger partial charge >= 0.3 is 6.03 Å². The van der Waals surface area contributed by atoms with E-state index in [9.17, 15) is 14.0 Å². The number of nitrogens with one attached hydrogen (secondary N) is 1. The fraction of sp³-hybridized carbons (Fsp3) is 0.300. The van der Waals surface area contributed by atoms with Crippen molar-refractivity contribution in [2.24, 2.45) is 0 Å². The molecule has 3 amide bonds. The van der Waals surface area contributed by atoms with E-state index in [0.29, 0.717) is 12.0 Å². The Hall–Kier alpha value is -2.89. The lowest BCUT2D eigenvalue weighted by Crippen LogP contribution is -2.43. The van der Waals surface area contributed by atoms with Gasteiger partial charge in [0.1, 0.15) is 23.7 Å². The summed E-state index contributed by atoms with van der Waals surface area (Å²) < 4.78 is 18.9. The second-order valence-electron chi connectivity index (χ2n) is 6.27. The number of para-hydroxylation sites is 1. The summed E-state index contributed by atoms with van der Waals surface area (Å²) in [6, 6.07) is 12.7. The van der Waals surface area contributed by atoms with E-state index in [1.54, 1.807) is 0 Å². The molecular weight excluding hydrogens is 335 g/mol. The molecule has 1 fully saturated rings. The summed E-state index contributed by atoms with van der Waals surface area (Å²) in [5, 5.41) is 2.77. The van der Waals surface area contributed by atoms with Gasteiger partial charge < -0.3 is 10.1 Å². The smallest absolute Gasteiger partial charge is 0.325 e. The molecular formula is C20H21FN2O3. The lowest BCUT2D eigenvalue weighted by atomic mass is 9.87. The zero-order chi connectivity index (χ0) is 18.7. The summed E-state index contributed by atoms with van der Waals surface area (Å²) in [4.78, 5) is 26.5. The standard InChI is InChI=1S/C20H21FN2O3/c1-3-20(15-8-10-16(21)11-9-15)18(24)23(19(25)22-20)12-13-26-17-7-5-4-6-14(17)2/h4-11H,3,12-13H2,1-2H3,(H,22,25)/t20-/m1/s1. The number of ether oxygens (including phenoxy) is 1. The molecule has 136 valence electrons. The molecule has 1 atom stereocenters. The third-order valence-corrected chi connectivity index (χ3v) is 4.71. The number of benzene rings is 2. The molecule has 5 nitrogen and oxygen atoms in total. The predicted molar refractivity (Wildman–Crippen MR) is 95.3 cm³/mol. The highest BCUT2D eigenvalue weighted by atomic mass is 19.1. The van der Waals surface area contributed by atoms with Crippen molar-refractivity contribution < 1.29 is 18.7 Å². The highest BCUT2D eigenvalue weighted by molar-refractivity contribution is 6.07. The molecule has 1 saturated heterocycles. The Morgan fingerprint density at radius 2 is 1.81 bits per heavy atom. The maximum atomic E-state index is 13.2. The van der Waals surface area contributed by atoms with Gasteiger partial charge in [-0.25, -0.2) is 9.18 Å². The molecule has 1 aliphatic rings. The van der Waals surface area contributed by atoms with Crippen molar-refractivity contribution in [3.63, 3.8) is 0 Å². The summed E-state index contributed by atoms with van der Waals surface area (Å²) in [6.07, 6.45) is 0.373. The summed E-state index contributed by atoms with van der Waals surface area (Å²) in [6.45, 7) is 4.09. The number of hydrogen-bond acceptors (Lipinski definition) is 3. The van der Waals surface area contributed by atoms with Crippen LogP contribution in [-0.4, -0.2) is 30.0 Å². The van der Waals surface area contributed by atoms with E-state index >= 15 is 0 Å². The fourth-order valence-electron chi connectivity index (χ4n) is 3.17. The van der Waals surface area contributed by atoms with E-state index in [-0.39, 0.29) is 24.9 Å². The molecule has 0 spiro atoms. The van der Waals surface area contributed by atoms with E-state index in [4.69, 9.17) is 4.74 Å². The average molecular weight is 356 g/mol. The molecule has 0 saturated carbocycles. The Balaban J connectivity index is 1.73. The van der Waals surface area contributed by atoms with Gasteiger partial charge in [-0.1, -0.05) is 37.3 Å². The van der Waals surface area contributed by atoms with Gasteiger partial charge in [-0.3, -0.25) is 9.69 Å². The zero-order valence-electron chi connectivity index (χ0n) is 14.8. The quantitative estimate of drug-likeness (QED) is 0.808. The molecule has 1 heterocycles. The maximum Gasteiger partial charge on any atom is 0.325 e. The number of halogens is 1. The first-order valence-electron chi connectivity index (χ1n) is 8.56. The Morgan fingerprint density at radius 3 is 2.46 bits per heavy atom. The Morgan fingerprint density at radius 1 is 1.12 bits per heavy atom. The molecule has 0 aromatic heterocycles. The Labute approximate surface area is 151 Å². The third kappa shape index (κ3) is 3.14. The minimum absolute atomic E-state index is 0.141. The maximum absolute atomic E-state index is 13.2. The second kappa shape index (κ2) is 7.15. The molecule has 1 aliphatic heterocycles. The number of carbonyl (C=O) groups excluding carboxylic acids is 2. The van der Waals surface area contributed by atoms with Crippen molar-refractivity contribution in [2.75, 3.05) is 13.2 Å². The summed E-state index contributed by atoms with van der Waals surface area (Å²) in [5.41, 5.74) is 0.397. The first-order chi connectivity index (χ1) is 12.5. The molecule has 0 aliphatic carbocycles. The second-order valence-corrected chi connectivity index (χ2v) is 6.27. The van der Waals surface area contributed by atoms with Crippen LogP contribution in [0.5, 0.6) is 5.75 Å². The van der Waals surface area contributed by atoms with Crippen LogP contribution >= 0.6 is 0 Å². The highest BCUT2D eigenvalue weighted by Gasteiger charge is 2.51. The van der Waals surface area contributed by atoms with Crippen LogP contribution in [0.25, 0.3) is 0 Å². The first-order valence-corrected chi connectivity index (χ1v) is 8.56. The SMILES string of the molecule is CC[C@]1(c2ccc(F)cc2)NC(=O)N(CCOc2ccccc2C)C1=O. The molecule has 0 unspecified atom stereocenters. The van der Waals surface area contributed by atoms with E-state index in [1.165, 1.54) is 24.3 Å². The average Bonchev–Trinajstić information content (AvgIpc) is 2.89. The van der Waals surface area contributed by atoms with Crippen LogP contribution in [0, 0.1) is 12.7 Å². The van der Waals surface area contributed by atoms with E-state index < -0.39 is 11.6 Å². The van der Waals surface area contributed by atoms with E-state index in [1.807, 2.05) is 38.1 Å². The van der Waals surface area contributed by atoms with Crippen LogP contribution in [0.2, 0.25) is 0 Å².